The van der Waals surface area contributed by atoms with Gasteiger partial charge in [0, 0.05) is 25.1 Å². The first-order chi connectivity index (χ1) is 6.05. The summed E-state index contributed by atoms with van der Waals surface area (Å²) in [5, 5.41) is 0.946. The molecule has 0 aliphatic heterocycles. The standard InChI is InChI=1S/C8H16N4S/c1-8(2,4-9)5-12(3)7-10-6-11-13-7/h6H,4-5,9H2,1-3H3. The summed E-state index contributed by atoms with van der Waals surface area (Å²) in [6, 6.07) is 0. The topological polar surface area (TPSA) is 55.0 Å². The first kappa shape index (κ1) is 10.4. The van der Waals surface area contributed by atoms with E-state index in [1.165, 1.54) is 11.5 Å². The maximum Gasteiger partial charge on any atom is 0.204 e. The van der Waals surface area contributed by atoms with Crippen LogP contribution >= 0.6 is 11.5 Å². The lowest BCUT2D eigenvalue weighted by Crippen LogP contribution is -2.36. The third kappa shape index (κ3) is 2.93. The van der Waals surface area contributed by atoms with Gasteiger partial charge in [0.05, 0.1) is 0 Å². The Morgan fingerprint density at radius 2 is 2.31 bits per heavy atom. The molecule has 1 aromatic heterocycles. The molecule has 0 spiro atoms. The van der Waals surface area contributed by atoms with Gasteiger partial charge in [0.2, 0.25) is 5.13 Å². The summed E-state index contributed by atoms with van der Waals surface area (Å²) < 4.78 is 3.96. The fourth-order valence-electron chi connectivity index (χ4n) is 1.11. The van der Waals surface area contributed by atoms with Crippen molar-refractivity contribution < 1.29 is 0 Å². The van der Waals surface area contributed by atoms with Crippen LogP contribution in [0.5, 0.6) is 0 Å². The smallest absolute Gasteiger partial charge is 0.204 e. The maximum absolute atomic E-state index is 5.65. The molecule has 1 rings (SSSR count). The summed E-state index contributed by atoms with van der Waals surface area (Å²) in [4.78, 5) is 6.21. The van der Waals surface area contributed by atoms with Crippen molar-refractivity contribution in [3.63, 3.8) is 0 Å². The van der Waals surface area contributed by atoms with Gasteiger partial charge in [-0.25, -0.2) is 4.98 Å². The fraction of sp³-hybridized carbons (Fsp3) is 0.750. The lowest BCUT2D eigenvalue weighted by Gasteiger charge is -2.28. The molecule has 0 radical (unpaired) electrons. The van der Waals surface area contributed by atoms with E-state index in [1.807, 2.05) is 7.05 Å². The molecule has 13 heavy (non-hydrogen) atoms. The van der Waals surface area contributed by atoms with Crippen LogP contribution < -0.4 is 10.6 Å². The fourth-order valence-corrected chi connectivity index (χ4v) is 1.60. The number of rotatable bonds is 4. The van der Waals surface area contributed by atoms with Gasteiger partial charge >= 0.3 is 0 Å². The minimum atomic E-state index is 0.125. The van der Waals surface area contributed by atoms with Gasteiger partial charge in [-0.05, 0) is 12.0 Å². The quantitative estimate of drug-likeness (QED) is 0.786. The van der Waals surface area contributed by atoms with Crippen LogP contribution in [0.25, 0.3) is 0 Å². The number of nitrogens with two attached hydrogens (primary N) is 1. The second-order valence-electron chi connectivity index (χ2n) is 3.95. The Morgan fingerprint density at radius 1 is 1.62 bits per heavy atom. The van der Waals surface area contributed by atoms with Crippen LogP contribution in [0.2, 0.25) is 0 Å². The number of anilines is 1. The highest BCUT2D eigenvalue weighted by atomic mass is 32.1. The Kier molecular flexibility index (Phi) is 3.22. The van der Waals surface area contributed by atoms with E-state index < -0.39 is 0 Å². The average molecular weight is 200 g/mol. The summed E-state index contributed by atoms with van der Waals surface area (Å²) in [6.07, 6.45) is 1.58. The first-order valence-electron chi connectivity index (χ1n) is 4.23. The van der Waals surface area contributed by atoms with Crippen molar-refractivity contribution in [3.05, 3.63) is 6.33 Å². The number of nitrogens with zero attached hydrogens (tertiary/aromatic N) is 3. The molecule has 0 amide bonds. The highest BCUT2D eigenvalue weighted by Gasteiger charge is 2.19. The van der Waals surface area contributed by atoms with Gasteiger partial charge in [-0.1, -0.05) is 13.8 Å². The van der Waals surface area contributed by atoms with Crippen LogP contribution in [0, 0.1) is 5.41 Å². The molecule has 0 bridgehead atoms. The summed E-state index contributed by atoms with van der Waals surface area (Å²) >= 11 is 1.41. The first-order valence-corrected chi connectivity index (χ1v) is 5.00. The zero-order valence-corrected chi connectivity index (χ0v) is 9.14. The molecule has 2 N–H and O–H groups in total. The van der Waals surface area contributed by atoms with E-state index in [9.17, 15) is 0 Å². The Morgan fingerprint density at radius 3 is 2.77 bits per heavy atom. The molecule has 74 valence electrons. The Bertz CT molecular complexity index is 245. The molecule has 0 aliphatic rings. The molecule has 0 aliphatic carbocycles. The SMILES string of the molecule is CN(CC(C)(C)CN)c1ncns1. The largest absolute Gasteiger partial charge is 0.349 e. The van der Waals surface area contributed by atoms with Gasteiger partial charge in [-0.15, -0.1) is 0 Å². The molecule has 0 saturated carbocycles. The van der Waals surface area contributed by atoms with E-state index >= 15 is 0 Å². The van der Waals surface area contributed by atoms with E-state index in [0.717, 1.165) is 11.7 Å². The average Bonchev–Trinajstić information content (AvgIpc) is 2.55. The predicted molar refractivity (Wildman–Crippen MR) is 56.0 cm³/mol. The van der Waals surface area contributed by atoms with Crippen LogP contribution in [-0.2, 0) is 0 Å². The van der Waals surface area contributed by atoms with Crippen LogP contribution in [-0.4, -0.2) is 29.5 Å². The molecule has 0 atom stereocenters. The summed E-state index contributed by atoms with van der Waals surface area (Å²) in [5.41, 5.74) is 5.77. The van der Waals surface area contributed by atoms with Gasteiger partial charge in [0.15, 0.2) is 0 Å². The van der Waals surface area contributed by atoms with Crippen LogP contribution in [0.3, 0.4) is 0 Å². The normalized spacial score (nSPS) is 11.7. The van der Waals surface area contributed by atoms with Gasteiger partial charge < -0.3 is 10.6 Å². The van der Waals surface area contributed by atoms with Crippen LogP contribution in [0.4, 0.5) is 5.13 Å². The number of aromatic nitrogens is 2. The zero-order valence-electron chi connectivity index (χ0n) is 8.32. The number of hydrogen-bond donors (Lipinski definition) is 1. The van der Waals surface area contributed by atoms with Gasteiger partial charge in [0.25, 0.3) is 0 Å². The van der Waals surface area contributed by atoms with Crippen molar-refractivity contribution in [2.75, 3.05) is 25.0 Å². The van der Waals surface area contributed by atoms with Crippen molar-refractivity contribution in [1.82, 2.24) is 9.36 Å². The van der Waals surface area contributed by atoms with Crippen molar-refractivity contribution in [2.24, 2.45) is 11.1 Å². The summed E-state index contributed by atoms with van der Waals surface area (Å²) in [7, 11) is 2.01. The Labute approximate surface area is 82.9 Å². The molecular formula is C8H16N4S. The molecule has 5 heteroatoms. The molecule has 0 aromatic carbocycles. The highest BCUT2D eigenvalue weighted by molar-refractivity contribution is 7.09. The molecule has 1 aromatic rings. The minimum absolute atomic E-state index is 0.125. The summed E-state index contributed by atoms with van der Waals surface area (Å²) in [5.74, 6) is 0. The molecule has 0 unspecified atom stereocenters. The lowest BCUT2D eigenvalue weighted by molar-refractivity contribution is 0.385. The van der Waals surface area contributed by atoms with E-state index in [1.54, 1.807) is 6.33 Å². The molecule has 0 saturated heterocycles. The molecule has 0 fully saturated rings. The minimum Gasteiger partial charge on any atom is -0.349 e. The third-order valence-electron chi connectivity index (χ3n) is 1.89. The van der Waals surface area contributed by atoms with E-state index in [4.69, 9.17) is 5.73 Å². The molecular weight excluding hydrogens is 184 g/mol. The van der Waals surface area contributed by atoms with Crippen LogP contribution in [0.1, 0.15) is 13.8 Å². The zero-order chi connectivity index (χ0) is 9.90. The van der Waals surface area contributed by atoms with Gasteiger partial charge in [-0.2, -0.15) is 4.37 Å². The maximum atomic E-state index is 5.65. The highest BCUT2D eigenvalue weighted by Crippen LogP contribution is 2.19. The van der Waals surface area contributed by atoms with Crippen molar-refractivity contribution in [2.45, 2.75) is 13.8 Å². The van der Waals surface area contributed by atoms with E-state index in [-0.39, 0.29) is 5.41 Å². The molecule has 1 heterocycles. The number of hydrogen-bond acceptors (Lipinski definition) is 5. The van der Waals surface area contributed by atoms with Crippen molar-refractivity contribution >= 4 is 16.7 Å². The van der Waals surface area contributed by atoms with Crippen molar-refractivity contribution in [1.29, 1.82) is 0 Å². The lowest BCUT2D eigenvalue weighted by atomic mass is 9.93. The van der Waals surface area contributed by atoms with E-state index in [2.05, 4.69) is 28.1 Å². The monoisotopic (exact) mass is 200 g/mol. The third-order valence-corrected chi connectivity index (χ3v) is 2.67. The molecule has 4 nitrogen and oxygen atoms in total. The Hall–Kier alpha value is -0.680. The summed E-state index contributed by atoms with van der Waals surface area (Å²) in [6.45, 7) is 5.86. The van der Waals surface area contributed by atoms with E-state index in [0.29, 0.717) is 6.54 Å². The second-order valence-corrected chi connectivity index (χ2v) is 4.71. The second kappa shape index (κ2) is 4.02. The predicted octanol–water partition coefficient (Wildman–Crippen LogP) is 0.959. The van der Waals surface area contributed by atoms with Gasteiger partial charge in [0.1, 0.15) is 6.33 Å². The van der Waals surface area contributed by atoms with Gasteiger partial charge in [-0.3, -0.25) is 0 Å². The van der Waals surface area contributed by atoms with Crippen molar-refractivity contribution in [3.8, 4) is 0 Å². The Balaban J connectivity index is 2.56. The van der Waals surface area contributed by atoms with Crippen LogP contribution in [0.15, 0.2) is 6.33 Å².